The monoisotopic (exact) mass is 287 g/mol. The highest BCUT2D eigenvalue weighted by molar-refractivity contribution is 8.00. The lowest BCUT2D eigenvalue weighted by molar-refractivity contribution is -0.118. The van der Waals surface area contributed by atoms with Crippen molar-refractivity contribution >= 4 is 17.7 Å². The number of hydrogen-bond donors (Lipinski definition) is 1. The van der Waals surface area contributed by atoms with E-state index in [1.165, 1.54) is 17.8 Å². The second-order valence-corrected chi connectivity index (χ2v) is 5.40. The number of carbonyl (C=O) groups is 1. The van der Waals surface area contributed by atoms with Crippen LogP contribution in [0.25, 0.3) is 0 Å². The van der Waals surface area contributed by atoms with Crippen molar-refractivity contribution < 1.29 is 13.6 Å². The standard InChI is InChI=1S/C14H19F2NOS/c1-3-10(4-2)8-17-14(18)9-19-11-5-6-12(15)13(16)7-11/h5-7,10H,3-4,8-9H2,1-2H3,(H,17,18). The minimum atomic E-state index is -0.887. The second kappa shape index (κ2) is 8.15. The maximum absolute atomic E-state index is 13.0. The fourth-order valence-electron chi connectivity index (χ4n) is 1.60. The maximum Gasteiger partial charge on any atom is 0.230 e. The third kappa shape index (κ3) is 5.59. The molecule has 1 amide bonds. The lowest BCUT2D eigenvalue weighted by Gasteiger charge is -2.13. The van der Waals surface area contributed by atoms with E-state index >= 15 is 0 Å². The molecule has 0 aromatic heterocycles. The largest absolute Gasteiger partial charge is 0.355 e. The molecule has 1 N–H and O–H groups in total. The number of benzene rings is 1. The first kappa shape index (κ1) is 16.0. The number of halogens is 2. The highest BCUT2D eigenvalue weighted by Gasteiger charge is 2.08. The minimum Gasteiger partial charge on any atom is -0.355 e. The molecule has 1 rings (SSSR count). The third-order valence-electron chi connectivity index (χ3n) is 3.00. The molecule has 0 saturated carbocycles. The Labute approximate surface area is 117 Å². The molecule has 0 aliphatic rings. The van der Waals surface area contributed by atoms with Gasteiger partial charge in [0.05, 0.1) is 5.75 Å². The zero-order valence-electron chi connectivity index (χ0n) is 11.2. The van der Waals surface area contributed by atoms with Gasteiger partial charge < -0.3 is 5.32 Å². The summed E-state index contributed by atoms with van der Waals surface area (Å²) in [6.45, 7) is 4.86. The van der Waals surface area contributed by atoms with Gasteiger partial charge in [-0.2, -0.15) is 0 Å². The van der Waals surface area contributed by atoms with Crippen molar-refractivity contribution in [2.24, 2.45) is 5.92 Å². The van der Waals surface area contributed by atoms with Crippen LogP contribution < -0.4 is 5.32 Å². The average molecular weight is 287 g/mol. The van der Waals surface area contributed by atoms with Crippen molar-refractivity contribution in [1.82, 2.24) is 5.32 Å². The van der Waals surface area contributed by atoms with Gasteiger partial charge >= 0.3 is 0 Å². The van der Waals surface area contributed by atoms with E-state index in [0.29, 0.717) is 17.4 Å². The maximum atomic E-state index is 13.0. The van der Waals surface area contributed by atoms with E-state index < -0.39 is 11.6 Å². The van der Waals surface area contributed by atoms with Crippen LogP contribution in [0.2, 0.25) is 0 Å². The van der Waals surface area contributed by atoms with Gasteiger partial charge in [-0.1, -0.05) is 26.7 Å². The molecule has 0 radical (unpaired) electrons. The lowest BCUT2D eigenvalue weighted by atomic mass is 10.0. The zero-order valence-corrected chi connectivity index (χ0v) is 12.0. The predicted molar refractivity (Wildman–Crippen MR) is 74.2 cm³/mol. The van der Waals surface area contributed by atoms with Crippen molar-refractivity contribution in [2.75, 3.05) is 12.3 Å². The molecule has 0 saturated heterocycles. The molecule has 0 aliphatic carbocycles. The summed E-state index contributed by atoms with van der Waals surface area (Å²) >= 11 is 1.20. The van der Waals surface area contributed by atoms with Gasteiger partial charge in [-0.15, -0.1) is 11.8 Å². The van der Waals surface area contributed by atoms with Crippen LogP contribution in [-0.2, 0) is 4.79 Å². The van der Waals surface area contributed by atoms with Crippen LogP contribution in [0.15, 0.2) is 23.1 Å². The van der Waals surface area contributed by atoms with Crippen molar-refractivity contribution in [3.63, 3.8) is 0 Å². The van der Waals surface area contributed by atoms with Crippen molar-refractivity contribution in [1.29, 1.82) is 0 Å². The van der Waals surface area contributed by atoms with Crippen LogP contribution >= 0.6 is 11.8 Å². The summed E-state index contributed by atoms with van der Waals surface area (Å²) in [7, 11) is 0. The fraction of sp³-hybridized carbons (Fsp3) is 0.500. The Hall–Kier alpha value is -1.10. The Kier molecular flexibility index (Phi) is 6.84. The first-order chi connectivity index (χ1) is 9.06. The molecular weight excluding hydrogens is 268 g/mol. The van der Waals surface area contributed by atoms with E-state index in [0.717, 1.165) is 25.0 Å². The van der Waals surface area contributed by atoms with E-state index in [-0.39, 0.29) is 11.7 Å². The van der Waals surface area contributed by atoms with Gasteiger partial charge in [-0.3, -0.25) is 4.79 Å². The number of thioether (sulfide) groups is 1. The molecule has 0 aliphatic heterocycles. The predicted octanol–water partition coefficient (Wildman–Crippen LogP) is 3.61. The molecule has 1 aromatic rings. The molecule has 19 heavy (non-hydrogen) atoms. The first-order valence-corrected chi connectivity index (χ1v) is 7.39. The van der Waals surface area contributed by atoms with Crippen LogP contribution in [0.5, 0.6) is 0 Å². The molecule has 0 fully saturated rings. The third-order valence-corrected chi connectivity index (χ3v) is 4.00. The molecule has 1 aromatic carbocycles. The second-order valence-electron chi connectivity index (χ2n) is 4.35. The van der Waals surface area contributed by atoms with Crippen molar-refractivity contribution in [2.45, 2.75) is 31.6 Å². The van der Waals surface area contributed by atoms with E-state index in [1.807, 2.05) is 0 Å². The Morgan fingerprint density at radius 1 is 1.26 bits per heavy atom. The quantitative estimate of drug-likeness (QED) is 0.776. The molecule has 0 heterocycles. The van der Waals surface area contributed by atoms with Crippen LogP contribution in [0.4, 0.5) is 8.78 Å². The number of amides is 1. The topological polar surface area (TPSA) is 29.1 Å². The molecule has 106 valence electrons. The van der Waals surface area contributed by atoms with Crippen LogP contribution in [0.3, 0.4) is 0 Å². The highest BCUT2D eigenvalue weighted by atomic mass is 32.2. The first-order valence-electron chi connectivity index (χ1n) is 6.41. The zero-order chi connectivity index (χ0) is 14.3. The van der Waals surface area contributed by atoms with E-state index in [9.17, 15) is 13.6 Å². The molecular formula is C14H19F2NOS. The molecule has 2 nitrogen and oxygen atoms in total. The Bertz CT molecular complexity index is 422. The summed E-state index contributed by atoms with van der Waals surface area (Å²) < 4.78 is 25.7. The van der Waals surface area contributed by atoms with Gasteiger partial charge in [0, 0.05) is 11.4 Å². The summed E-state index contributed by atoms with van der Waals surface area (Å²) in [4.78, 5) is 12.2. The van der Waals surface area contributed by atoms with E-state index in [4.69, 9.17) is 0 Å². The summed E-state index contributed by atoms with van der Waals surface area (Å²) in [5.74, 6) is -1.13. The van der Waals surface area contributed by atoms with Gasteiger partial charge in [0.25, 0.3) is 0 Å². The smallest absolute Gasteiger partial charge is 0.230 e. The average Bonchev–Trinajstić information content (AvgIpc) is 2.41. The Morgan fingerprint density at radius 2 is 1.95 bits per heavy atom. The molecule has 0 atom stereocenters. The van der Waals surface area contributed by atoms with Crippen LogP contribution in [-0.4, -0.2) is 18.2 Å². The highest BCUT2D eigenvalue weighted by Crippen LogP contribution is 2.20. The van der Waals surface area contributed by atoms with Gasteiger partial charge in [-0.05, 0) is 24.1 Å². The normalized spacial score (nSPS) is 10.8. The Balaban J connectivity index is 2.35. The molecule has 5 heteroatoms. The van der Waals surface area contributed by atoms with Crippen LogP contribution in [0, 0.1) is 17.6 Å². The number of hydrogen-bond acceptors (Lipinski definition) is 2. The van der Waals surface area contributed by atoms with Gasteiger partial charge in [0.15, 0.2) is 11.6 Å². The fourth-order valence-corrected chi connectivity index (χ4v) is 2.35. The number of rotatable bonds is 7. The molecule has 0 spiro atoms. The minimum absolute atomic E-state index is 0.0818. The van der Waals surface area contributed by atoms with E-state index in [2.05, 4.69) is 19.2 Å². The van der Waals surface area contributed by atoms with Crippen molar-refractivity contribution in [3.8, 4) is 0 Å². The number of nitrogens with one attached hydrogen (secondary N) is 1. The summed E-state index contributed by atoms with van der Waals surface area (Å²) in [6.07, 6.45) is 2.07. The van der Waals surface area contributed by atoms with E-state index in [1.54, 1.807) is 0 Å². The van der Waals surface area contributed by atoms with Gasteiger partial charge in [0.1, 0.15) is 0 Å². The summed E-state index contributed by atoms with van der Waals surface area (Å²) in [5, 5.41) is 2.85. The van der Waals surface area contributed by atoms with Gasteiger partial charge in [0.2, 0.25) is 5.91 Å². The summed E-state index contributed by atoms with van der Waals surface area (Å²) in [6, 6.07) is 3.64. The summed E-state index contributed by atoms with van der Waals surface area (Å²) in [5.41, 5.74) is 0. The molecule has 0 unspecified atom stereocenters. The number of carbonyl (C=O) groups excluding carboxylic acids is 1. The Morgan fingerprint density at radius 3 is 2.53 bits per heavy atom. The van der Waals surface area contributed by atoms with Crippen LogP contribution in [0.1, 0.15) is 26.7 Å². The van der Waals surface area contributed by atoms with Crippen molar-refractivity contribution in [3.05, 3.63) is 29.8 Å². The molecule has 0 bridgehead atoms. The van der Waals surface area contributed by atoms with Gasteiger partial charge in [-0.25, -0.2) is 8.78 Å². The SMILES string of the molecule is CCC(CC)CNC(=O)CSc1ccc(F)c(F)c1. The lowest BCUT2D eigenvalue weighted by Crippen LogP contribution is -2.30.